The molecule has 47 heavy (non-hydrogen) atoms. The minimum atomic E-state index is -1.03. The van der Waals surface area contributed by atoms with Crippen LogP contribution in [-0.2, 0) is 22.6 Å². The Morgan fingerprint density at radius 1 is 1.02 bits per heavy atom. The number of urea groups is 1. The second kappa shape index (κ2) is 14.9. The maximum Gasteiger partial charge on any atom is 0.410 e. The summed E-state index contributed by atoms with van der Waals surface area (Å²) in [6.45, 7) is 3.99. The molecule has 0 aliphatic carbocycles. The van der Waals surface area contributed by atoms with Gasteiger partial charge in [-0.25, -0.2) is 9.78 Å². The smallest absolute Gasteiger partial charge is 0.410 e. The highest BCUT2D eigenvalue weighted by atomic mass is 16.5. The summed E-state index contributed by atoms with van der Waals surface area (Å²) >= 11 is 0. The Hall–Kier alpha value is -5.23. The molecule has 4 aromatic rings. The number of nitrogens with zero attached hydrogens (tertiary/aromatic N) is 5. The number of methoxy groups -OCH3 is 1. The zero-order valence-electron chi connectivity index (χ0n) is 27.0. The zero-order valence-corrected chi connectivity index (χ0v) is 27.0. The Balaban J connectivity index is 1.39. The highest BCUT2D eigenvalue weighted by molar-refractivity contribution is 6.53. The Morgan fingerprint density at radius 2 is 1.72 bits per heavy atom. The van der Waals surface area contributed by atoms with Gasteiger partial charge in [0.15, 0.2) is 0 Å². The van der Waals surface area contributed by atoms with E-state index in [-0.39, 0.29) is 18.4 Å². The summed E-state index contributed by atoms with van der Waals surface area (Å²) in [5.74, 6) is -0.361. The molecule has 3 atom stereocenters. The monoisotopic (exact) mass is 634 g/mol. The molecule has 0 spiro atoms. The molecule has 0 radical (unpaired) electrons. The summed E-state index contributed by atoms with van der Waals surface area (Å²) in [5.41, 5.74) is 3.19. The van der Waals surface area contributed by atoms with Gasteiger partial charge in [0.05, 0.1) is 19.1 Å². The third-order valence-electron chi connectivity index (χ3n) is 8.50. The van der Waals surface area contributed by atoms with Crippen LogP contribution in [-0.4, -0.2) is 65.0 Å². The SMILES string of the molecule is CC[C@@H](NC(=O)N1C(=O)[C@H](Cc2ccnc(N(Cc3ccc(OC)cc3)B(C)O)c2)[C@H]1C(=O)N(C)c1ccncc1)c1ccccc1. The minimum Gasteiger partial charge on any atom is -0.497 e. The lowest BCUT2D eigenvalue weighted by molar-refractivity contribution is -0.156. The van der Waals surface area contributed by atoms with Crippen molar-refractivity contribution in [2.75, 3.05) is 23.9 Å². The van der Waals surface area contributed by atoms with Crippen molar-refractivity contribution in [1.82, 2.24) is 20.2 Å². The molecular formula is C35H39BN6O5. The molecule has 11 nitrogen and oxygen atoms in total. The van der Waals surface area contributed by atoms with Gasteiger partial charge in [-0.05, 0) is 72.8 Å². The molecule has 0 unspecified atom stereocenters. The summed E-state index contributed by atoms with van der Waals surface area (Å²) in [6, 6.07) is 22.1. The first-order valence-electron chi connectivity index (χ1n) is 15.6. The molecule has 1 aliphatic heterocycles. The summed E-state index contributed by atoms with van der Waals surface area (Å²) in [5, 5.41) is 13.6. The number of ether oxygens (including phenoxy) is 1. The molecule has 1 saturated heterocycles. The number of imide groups is 1. The van der Waals surface area contributed by atoms with E-state index >= 15 is 0 Å². The van der Waals surface area contributed by atoms with Gasteiger partial charge in [0.2, 0.25) is 5.91 Å². The first-order chi connectivity index (χ1) is 22.7. The van der Waals surface area contributed by atoms with Crippen LogP contribution in [0.25, 0.3) is 0 Å². The number of aromatic nitrogens is 2. The molecule has 2 aromatic carbocycles. The number of hydrogen-bond acceptors (Lipinski definition) is 8. The van der Waals surface area contributed by atoms with Crippen LogP contribution in [0.1, 0.15) is 36.1 Å². The number of likely N-dealkylation sites (N-methyl/N-ethyl adjacent to an activating group) is 1. The molecule has 2 N–H and O–H groups in total. The van der Waals surface area contributed by atoms with E-state index in [1.807, 2.05) is 67.6 Å². The van der Waals surface area contributed by atoms with E-state index in [2.05, 4.69) is 15.3 Å². The number of anilines is 2. The molecule has 2 aromatic heterocycles. The van der Waals surface area contributed by atoms with Crippen LogP contribution in [0, 0.1) is 5.92 Å². The van der Waals surface area contributed by atoms with Crippen molar-refractivity contribution in [3.63, 3.8) is 0 Å². The summed E-state index contributed by atoms with van der Waals surface area (Å²) in [7, 11) is 2.37. The fraction of sp³-hybridized carbons (Fsp3) is 0.286. The van der Waals surface area contributed by atoms with E-state index < -0.39 is 30.9 Å². The lowest BCUT2D eigenvalue weighted by Gasteiger charge is -2.46. The highest BCUT2D eigenvalue weighted by Crippen LogP contribution is 2.34. The van der Waals surface area contributed by atoms with Crippen molar-refractivity contribution in [1.29, 1.82) is 0 Å². The third-order valence-corrected chi connectivity index (χ3v) is 8.50. The van der Waals surface area contributed by atoms with Gasteiger partial charge in [0.25, 0.3) is 5.91 Å². The molecule has 0 bridgehead atoms. The van der Waals surface area contributed by atoms with E-state index in [1.54, 1.807) is 62.6 Å². The first kappa shape index (κ1) is 33.1. The van der Waals surface area contributed by atoms with Crippen LogP contribution in [0.3, 0.4) is 0 Å². The number of carbonyl (C=O) groups is 3. The van der Waals surface area contributed by atoms with Crippen molar-refractivity contribution in [2.24, 2.45) is 5.92 Å². The van der Waals surface area contributed by atoms with Crippen molar-refractivity contribution >= 4 is 36.4 Å². The van der Waals surface area contributed by atoms with Crippen LogP contribution in [0.5, 0.6) is 5.75 Å². The van der Waals surface area contributed by atoms with Crippen molar-refractivity contribution in [3.8, 4) is 5.75 Å². The average Bonchev–Trinajstić information content (AvgIpc) is 3.10. The van der Waals surface area contributed by atoms with Crippen LogP contribution in [0.2, 0.25) is 6.82 Å². The van der Waals surface area contributed by atoms with E-state index in [9.17, 15) is 19.4 Å². The highest BCUT2D eigenvalue weighted by Gasteiger charge is 2.55. The molecule has 3 heterocycles. The summed E-state index contributed by atoms with van der Waals surface area (Å²) < 4.78 is 5.25. The second-order valence-corrected chi connectivity index (χ2v) is 11.5. The van der Waals surface area contributed by atoms with Crippen LogP contribution < -0.4 is 19.8 Å². The number of carbonyl (C=O) groups excluding carboxylic acids is 3. The van der Waals surface area contributed by atoms with Gasteiger partial charge in [-0.2, -0.15) is 0 Å². The van der Waals surface area contributed by atoms with Crippen LogP contribution >= 0.6 is 0 Å². The lowest BCUT2D eigenvalue weighted by atomic mass is 9.81. The Kier molecular flexibility index (Phi) is 10.5. The average molecular weight is 635 g/mol. The molecule has 0 saturated carbocycles. The minimum absolute atomic E-state index is 0.199. The summed E-state index contributed by atoms with van der Waals surface area (Å²) in [4.78, 5) is 54.1. The molecule has 4 amide bonds. The van der Waals surface area contributed by atoms with Gasteiger partial charge in [-0.15, -0.1) is 0 Å². The number of benzene rings is 2. The van der Waals surface area contributed by atoms with Crippen LogP contribution in [0.15, 0.2) is 97.5 Å². The number of likely N-dealkylation sites (tertiary alicyclic amines) is 1. The number of rotatable bonds is 12. The predicted molar refractivity (Wildman–Crippen MR) is 181 cm³/mol. The molecule has 1 fully saturated rings. The quantitative estimate of drug-likeness (QED) is 0.172. The first-order valence-corrected chi connectivity index (χ1v) is 15.6. The maximum absolute atomic E-state index is 14.0. The lowest BCUT2D eigenvalue weighted by Crippen LogP contribution is -2.70. The van der Waals surface area contributed by atoms with E-state index in [4.69, 9.17) is 4.74 Å². The Bertz CT molecular complexity index is 1680. The molecule has 242 valence electrons. The largest absolute Gasteiger partial charge is 0.497 e. The van der Waals surface area contributed by atoms with Gasteiger partial charge in [-0.3, -0.25) is 19.5 Å². The maximum atomic E-state index is 14.0. The summed E-state index contributed by atoms with van der Waals surface area (Å²) in [6.07, 6.45) is 5.58. The fourth-order valence-electron chi connectivity index (χ4n) is 5.81. The topological polar surface area (TPSA) is 128 Å². The van der Waals surface area contributed by atoms with Crippen molar-refractivity contribution in [2.45, 2.75) is 45.2 Å². The van der Waals surface area contributed by atoms with Gasteiger partial charge < -0.3 is 24.8 Å². The molecule has 1 aliphatic rings. The normalized spacial score (nSPS) is 16.1. The number of amides is 4. The van der Waals surface area contributed by atoms with E-state index in [0.29, 0.717) is 24.5 Å². The third kappa shape index (κ3) is 7.44. The van der Waals surface area contributed by atoms with E-state index in [1.165, 1.54) is 4.90 Å². The van der Waals surface area contributed by atoms with E-state index in [0.717, 1.165) is 27.3 Å². The van der Waals surface area contributed by atoms with Gasteiger partial charge in [0.1, 0.15) is 17.6 Å². The number of nitrogens with one attached hydrogen (secondary N) is 1. The predicted octanol–water partition coefficient (Wildman–Crippen LogP) is 4.50. The standard InChI is InChI=1S/C35H39BN6O5/c1-5-30(26-9-7-6-8-10-26)39-35(45)42-32(34(44)40(3)27-16-18-37-19-17-27)29(33(42)43)21-25-15-20-38-31(22-25)41(36(2)46)23-24-11-13-28(47-4)14-12-24/h6-20,22,29-30,32,46H,5,21,23H2,1-4H3,(H,39,45)/t29-,30-,32+/m1/s1. The molecule has 12 heteroatoms. The van der Waals surface area contributed by atoms with Crippen molar-refractivity contribution in [3.05, 3.63) is 114 Å². The second-order valence-electron chi connectivity index (χ2n) is 11.5. The Labute approximate surface area is 275 Å². The van der Waals surface area contributed by atoms with Gasteiger partial charge in [-0.1, -0.05) is 49.4 Å². The fourth-order valence-corrected chi connectivity index (χ4v) is 5.81. The zero-order chi connectivity index (χ0) is 33.5. The molecule has 5 rings (SSSR count). The number of hydrogen-bond donors (Lipinski definition) is 2. The Morgan fingerprint density at radius 3 is 2.36 bits per heavy atom. The molecular weight excluding hydrogens is 595 g/mol. The number of pyridine rings is 2. The van der Waals surface area contributed by atoms with Gasteiger partial charge in [0, 0.05) is 37.9 Å². The number of β-lactam (4-membered cyclic amide) rings is 1. The van der Waals surface area contributed by atoms with Crippen molar-refractivity contribution < 1.29 is 24.1 Å². The van der Waals surface area contributed by atoms with Crippen LogP contribution in [0.4, 0.5) is 16.3 Å². The van der Waals surface area contributed by atoms with Gasteiger partial charge >= 0.3 is 13.1 Å².